The Morgan fingerprint density at radius 2 is 2.00 bits per heavy atom. The first-order valence-corrected chi connectivity index (χ1v) is 9.73. The summed E-state index contributed by atoms with van der Waals surface area (Å²) >= 11 is 0. The van der Waals surface area contributed by atoms with Crippen molar-refractivity contribution < 1.29 is 19.4 Å². The summed E-state index contributed by atoms with van der Waals surface area (Å²) in [6.07, 6.45) is 0.815. The molecular weight excluding hydrogens is 342 g/mol. The van der Waals surface area contributed by atoms with Crippen molar-refractivity contribution in [3.05, 3.63) is 28.8 Å². The third-order valence-electron chi connectivity index (χ3n) is 5.42. The lowest BCUT2D eigenvalue weighted by atomic mass is 9.84. The van der Waals surface area contributed by atoms with Gasteiger partial charge in [-0.25, -0.2) is 0 Å². The summed E-state index contributed by atoms with van der Waals surface area (Å²) in [6.45, 7) is 11.2. The number of nitrogens with zero attached hydrogens (tertiary/aromatic N) is 1. The highest BCUT2D eigenvalue weighted by Crippen LogP contribution is 2.48. The van der Waals surface area contributed by atoms with Gasteiger partial charge in [-0.05, 0) is 50.8 Å². The fourth-order valence-electron chi connectivity index (χ4n) is 3.83. The van der Waals surface area contributed by atoms with Crippen molar-refractivity contribution in [1.82, 2.24) is 4.90 Å². The van der Waals surface area contributed by atoms with Crippen molar-refractivity contribution in [3.63, 3.8) is 0 Å². The molecule has 1 unspecified atom stereocenters. The lowest BCUT2D eigenvalue weighted by Crippen LogP contribution is -2.36. The first-order valence-electron chi connectivity index (χ1n) is 9.73. The van der Waals surface area contributed by atoms with Gasteiger partial charge in [0.1, 0.15) is 23.7 Å². The normalized spacial score (nSPS) is 20.5. The number of aliphatic hydroxyl groups is 1. The monoisotopic (exact) mass is 373 g/mol. The van der Waals surface area contributed by atoms with Crippen molar-refractivity contribution >= 4 is 11.5 Å². The van der Waals surface area contributed by atoms with Crippen LogP contribution in [0.25, 0.3) is 5.57 Å². The smallest absolute Gasteiger partial charge is 0.253 e. The molecule has 0 aromatic heterocycles. The van der Waals surface area contributed by atoms with Crippen LogP contribution >= 0.6 is 0 Å². The molecule has 27 heavy (non-hydrogen) atoms. The van der Waals surface area contributed by atoms with E-state index in [1.165, 1.54) is 0 Å². The summed E-state index contributed by atoms with van der Waals surface area (Å²) in [6, 6.07) is 3.72. The molecule has 2 aliphatic rings. The maximum absolute atomic E-state index is 13.0. The lowest BCUT2D eigenvalue weighted by Gasteiger charge is -2.38. The van der Waals surface area contributed by atoms with Gasteiger partial charge in [0.2, 0.25) is 0 Å². The average molecular weight is 373 g/mol. The van der Waals surface area contributed by atoms with Crippen molar-refractivity contribution in [2.24, 2.45) is 5.92 Å². The number of carbonyl (C=O) groups is 1. The summed E-state index contributed by atoms with van der Waals surface area (Å²) in [5.74, 6) is 1.90. The zero-order valence-electron chi connectivity index (χ0n) is 17.3. The van der Waals surface area contributed by atoms with Crippen LogP contribution in [0.5, 0.6) is 11.5 Å². The summed E-state index contributed by atoms with van der Waals surface area (Å²) in [7, 11) is 1.83. The van der Waals surface area contributed by atoms with Gasteiger partial charge >= 0.3 is 0 Å². The predicted molar refractivity (Wildman–Crippen MR) is 106 cm³/mol. The topological polar surface area (TPSA) is 59.0 Å². The van der Waals surface area contributed by atoms with E-state index in [0.717, 1.165) is 23.1 Å². The Bertz CT molecular complexity index is 779. The van der Waals surface area contributed by atoms with Gasteiger partial charge in [0.25, 0.3) is 5.91 Å². The number of rotatable bonds is 4. The fourth-order valence-corrected chi connectivity index (χ4v) is 3.83. The lowest BCUT2D eigenvalue weighted by molar-refractivity contribution is -0.126. The Hall–Kier alpha value is -2.01. The molecule has 0 radical (unpaired) electrons. The number of ether oxygens (including phenoxy) is 2. The number of hydrogen-bond acceptors (Lipinski definition) is 4. The first-order chi connectivity index (χ1) is 12.6. The van der Waals surface area contributed by atoms with Gasteiger partial charge in [-0.1, -0.05) is 13.8 Å². The number of carbonyl (C=O) groups excluding carboxylic acids is 1. The molecule has 3 rings (SSSR count). The molecule has 2 aliphatic heterocycles. The number of aliphatic hydroxyl groups excluding tert-OH is 1. The number of fused-ring (bicyclic) bond motifs is 3. The van der Waals surface area contributed by atoms with Crippen LogP contribution in [0.4, 0.5) is 0 Å². The molecular formula is C22H31NO4. The second kappa shape index (κ2) is 7.19. The molecule has 2 heterocycles. The molecule has 0 aliphatic carbocycles. The zero-order valence-corrected chi connectivity index (χ0v) is 17.3. The van der Waals surface area contributed by atoms with Gasteiger partial charge < -0.3 is 19.5 Å². The molecule has 148 valence electrons. The molecule has 5 heteroatoms. The number of hydrogen-bond donors (Lipinski definition) is 1. The van der Waals surface area contributed by atoms with Gasteiger partial charge in [-0.15, -0.1) is 0 Å². The Labute approximate surface area is 162 Å². The molecule has 0 saturated carbocycles. The summed E-state index contributed by atoms with van der Waals surface area (Å²) in [4.78, 5) is 14.7. The number of benzene rings is 1. The van der Waals surface area contributed by atoms with Crippen LogP contribution in [0, 0.1) is 5.92 Å². The van der Waals surface area contributed by atoms with E-state index in [9.17, 15) is 9.90 Å². The molecule has 0 fully saturated rings. The molecule has 0 bridgehead atoms. The number of likely N-dealkylation sites (N-methyl/N-ethyl adjacent to an activating group) is 1. The quantitative estimate of drug-likeness (QED) is 0.868. The van der Waals surface area contributed by atoms with Crippen LogP contribution in [-0.4, -0.2) is 41.7 Å². The Morgan fingerprint density at radius 3 is 2.67 bits per heavy atom. The predicted octanol–water partition coefficient (Wildman–Crippen LogP) is 3.95. The van der Waals surface area contributed by atoms with E-state index in [0.29, 0.717) is 36.0 Å². The van der Waals surface area contributed by atoms with E-state index in [-0.39, 0.29) is 12.5 Å². The van der Waals surface area contributed by atoms with Crippen LogP contribution in [0.1, 0.15) is 64.7 Å². The minimum absolute atomic E-state index is 0.0112. The molecule has 1 aromatic carbocycles. The minimum atomic E-state index is -0.648. The highest BCUT2D eigenvalue weighted by atomic mass is 16.5. The molecule has 0 saturated heterocycles. The van der Waals surface area contributed by atoms with Gasteiger partial charge in [-0.2, -0.15) is 0 Å². The highest BCUT2D eigenvalue weighted by Gasteiger charge is 2.37. The standard InChI is InChI=1S/C22H31NO4/c1-13(2)9-10-23(6)21(25)15-12-26-17-7-8-18-20(19(17)14(15)3)16(24)11-22(4,5)27-18/h7-8,13,16,24H,9-12H2,1-6H3. The Balaban J connectivity index is 1.99. The van der Waals surface area contributed by atoms with Crippen LogP contribution < -0.4 is 9.47 Å². The first kappa shape index (κ1) is 19.7. The van der Waals surface area contributed by atoms with Crippen LogP contribution in [0.3, 0.4) is 0 Å². The van der Waals surface area contributed by atoms with Crippen molar-refractivity contribution in [3.8, 4) is 11.5 Å². The third kappa shape index (κ3) is 3.84. The highest BCUT2D eigenvalue weighted by molar-refractivity contribution is 6.02. The molecule has 1 N–H and O–H groups in total. The van der Waals surface area contributed by atoms with E-state index in [1.807, 2.05) is 40.0 Å². The molecule has 5 nitrogen and oxygen atoms in total. The van der Waals surface area contributed by atoms with E-state index in [4.69, 9.17) is 9.47 Å². The summed E-state index contributed by atoms with van der Waals surface area (Å²) < 4.78 is 12.0. The minimum Gasteiger partial charge on any atom is -0.488 e. The maximum atomic E-state index is 13.0. The average Bonchev–Trinajstić information content (AvgIpc) is 2.58. The van der Waals surface area contributed by atoms with Crippen molar-refractivity contribution in [1.29, 1.82) is 0 Å². The fraction of sp³-hybridized carbons (Fsp3) is 0.591. The molecule has 1 aromatic rings. The SMILES string of the molecule is CC1=C(C(=O)N(C)CCC(C)C)COc2ccc3c(c21)C(O)CC(C)(C)O3. The van der Waals surface area contributed by atoms with Gasteiger partial charge in [0.05, 0.1) is 11.7 Å². The maximum Gasteiger partial charge on any atom is 0.253 e. The van der Waals surface area contributed by atoms with E-state index in [1.54, 1.807) is 4.90 Å². The van der Waals surface area contributed by atoms with Crippen LogP contribution in [-0.2, 0) is 4.79 Å². The van der Waals surface area contributed by atoms with Crippen molar-refractivity contribution in [2.45, 2.75) is 59.2 Å². The summed E-state index contributed by atoms with van der Waals surface area (Å²) in [5.41, 5.74) is 2.64. The van der Waals surface area contributed by atoms with Crippen LogP contribution in [0.15, 0.2) is 17.7 Å². The van der Waals surface area contributed by atoms with Crippen molar-refractivity contribution in [2.75, 3.05) is 20.2 Å². The van der Waals surface area contributed by atoms with Gasteiger partial charge in [-0.3, -0.25) is 4.79 Å². The zero-order chi connectivity index (χ0) is 19.9. The largest absolute Gasteiger partial charge is 0.488 e. The van der Waals surface area contributed by atoms with Crippen LogP contribution in [0.2, 0.25) is 0 Å². The second-order valence-electron chi connectivity index (χ2n) is 8.73. The molecule has 0 spiro atoms. The van der Waals surface area contributed by atoms with E-state index in [2.05, 4.69) is 13.8 Å². The number of amides is 1. The summed E-state index contributed by atoms with van der Waals surface area (Å²) in [5, 5.41) is 10.8. The molecule has 1 atom stereocenters. The Morgan fingerprint density at radius 1 is 1.33 bits per heavy atom. The third-order valence-corrected chi connectivity index (χ3v) is 5.42. The van der Waals surface area contributed by atoms with E-state index >= 15 is 0 Å². The number of allylic oxidation sites excluding steroid dienone is 1. The second-order valence-corrected chi connectivity index (χ2v) is 8.73. The van der Waals surface area contributed by atoms with E-state index < -0.39 is 11.7 Å². The Kier molecular flexibility index (Phi) is 5.26. The molecule has 1 amide bonds. The van der Waals surface area contributed by atoms with Gasteiger partial charge in [0.15, 0.2) is 0 Å². The van der Waals surface area contributed by atoms with Gasteiger partial charge in [0, 0.05) is 31.1 Å².